The van der Waals surface area contributed by atoms with E-state index in [4.69, 9.17) is 0 Å². The van der Waals surface area contributed by atoms with Crippen LogP contribution in [0.15, 0.2) is 52.0 Å². The summed E-state index contributed by atoms with van der Waals surface area (Å²) in [7, 11) is -3.52. The van der Waals surface area contributed by atoms with E-state index in [9.17, 15) is 8.42 Å². The molecule has 1 aromatic heterocycles. The van der Waals surface area contributed by atoms with Crippen LogP contribution in [0.1, 0.15) is 11.6 Å². The molecule has 0 saturated carbocycles. The Morgan fingerprint density at radius 2 is 1.95 bits per heavy atom. The van der Waals surface area contributed by atoms with Gasteiger partial charge in [-0.05, 0) is 18.2 Å². The summed E-state index contributed by atoms with van der Waals surface area (Å²) >= 11 is 0. The van der Waals surface area contributed by atoms with Crippen LogP contribution in [0, 0.1) is 0 Å². The van der Waals surface area contributed by atoms with Gasteiger partial charge in [0.1, 0.15) is 4.90 Å². The first kappa shape index (κ1) is 11.7. The number of amidine groups is 1. The standard InChI is InChI=1S/C13H12N4O2S/c18-20(19)12-5-2-1-4-11(12)13(15-20)16-8-10(9-16)17-7-3-6-14-17/h1-7,10H,8-9H2. The van der Waals surface area contributed by atoms with E-state index in [0.717, 1.165) is 13.1 Å². The second-order valence-corrected chi connectivity index (χ2v) is 6.50. The molecule has 0 N–H and O–H groups in total. The Hall–Kier alpha value is -2.15. The Morgan fingerprint density at radius 1 is 1.15 bits per heavy atom. The van der Waals surface area contributed by atoms with Gasteiger partial charge in [0.25, 0.3) is 10.0 Å². The molecule has 4 rings (SSSR count). The molecule has 0 atom stereocenters. The van der Waals surface area contributed by atoms with Crippen molar-refractivity contribution in [2.24, 2.45) is 4.40 Å². The molecule has 0 radical (unpaired) electrons. The molecule has 1 fully saturated rings. The van der Waals surface area contributed by atoms with Crippen LogP contribution in [0.25, 0.3) is 0 Å². The lowest BCUT2D eigenvalue weighted by molar-refractivity contribution is 0.180. The third-order valence-corrected chi connectivity index (χ3v) is 5.00. The molecule has 6 nitrogen and oxygen atoms in total. The van der Waals surface area contributed by atoms with Gasteiger partial charge in [0.15, 0.2) is 5.84 Å². The molecule has 20 heavy (non-hydrogen) atoms. The number of fused-ring (bicyclic) bond motifs is 1. The fraction of sp³-hybridized carbons (Fsp3) is 0.231. The lowest BCUT2D eigenvalue weighted by Crippen LogP contribution is -2.50. The minimum Gasteiger partial charge on any atom is -0.351 e. The summed E-state index contributed by atoms with van der Waals surface area (Å²) in [6, 6.07) is 9.13. The molecular formula is C13H12N4O2S. The van der Waals surface area contributed by atoms with Crippen LogP contribution in [0.3, 0.4) is 0 Å². The van der Waals surface area contributed by atoms with Gasteiger partial charge in [0.2, 0.25) is 0 Å². The van der Waals surface area contributed by atoms with Crippen molar-refractivity contribution in [3.63, 3.8) is 0 Å². The number of rotatable bonds is 1. The predicted molar refractivity (Wildman–Crippen MR) is 73.0 cm³/mol. The van der Waals surface area contributed by atoms with Crippen LogP contribution in [-0.4, -0.2) is 42.0 Å². The number of aromatic nitrogens is 2. The summed E-state index contributed by atoms with van der Waals surface area (Å²) in [6.45, 7) is 1.45. The topological polar surface area (TPSA) is 67.6 Å². The Bertz CT molecular complexity index is 790. The highest BCUT2D eigenvalue weighted by atomic mass is 32.2. The molecule has 2 aliphatic heterocycles. The molecule has 0 amide bonds. The highest BCUT2D eigenvalue weighted by molar-refractivity contribution is 7.90. The monoisotopic (exact) mass is 288 g/mol. The van der Waals surface area contributed by atoms with Gasteiger partial charge in [0, 0.05) is 31.0 Å². The Morgan fingerprint density at radius 3 is 2.70 bits per heavy atom. The lowest BCUT2D eigenvalue weighted by atomic mass is 10.1. The van der Waals surface area contributed by atoms with Gasteiger partial charge < -0.3 is 4.90 Å². The molecular weight excluding hydrogens is 276 g/mol. The molecule has 102 valence electrons. The van der Waals surface area contributed by atoms with E-state index in [1.54, 1.807) is 24.4 Å². The maximum absolute atomic E-state index is 12.0. The van der Waals surface area contributed by atoms with E-state index in [1.165, 1.54) is 0 Å². The molecule has 0 aliphatic carbocycles. The second kappa shape index (κ2) is 3.92. The number of hydrogen-bond acceptors (Lipinski definition) is 4. The lowest BCUT2D eigenvalue weighted by Gasteiger charge is -2.40. The summed E-state index contributed by atoms with van der Waals surface area (Å²) in [4.78, 5) is 2.29. The normalized spacial score (nSPS) is 20.4. The van der Waals surface area contributed by atoms with Crippen molar-refractivity contribution in [1.29, 1.82) is 0 Å². The van der Waals surface area contributed by atoms with E-state index in [1.807, 2.05) is 27.9 Å². The van der Waals surface area contributed by atoms with Crippen molar-refractivity contribution >= 4 is 15.9 Å². The number of likely N-dealkylation sites (tertiary alicyclic amines) is 1. The number of sulfonamides is 1. The SMILES string of the molecule is O=S1(=O)N=C(N2CC(n3cccn3)C2)c2ccccc21. The van der Waals surface area contributed by atoms with Gasteiger partial charge in [-0.1, -0.05) is 12.1 Å². The zero-order valence-electron chi connectivity index (χ0n) is 10.5. The smallest absolute Gasteiger partial charge is 0.285 e. The predicted octanol–water partition coefficient (Wildman–Crippen LogP) is 0.889. The minimum absolute atomic E-state index is 0.281. The first-order valence-corrected chi connectivity index (χ1v) is 7.77. The number of benzene rings is 1. The third kappa shape index (κ3) is 1.59. The van der Waals surface area contributed by atoms with Crippen molar-refractivity contribution < 1.29 is 8.42 Å². The second-order valence-electron chi connectivity index (χ2n) is 4.93. The average molecular weight is 288 g/mol. The fourth-order valence-electron chi connectivity index (χ4n) is 2.61. The third-order valence-electron chi connectivity index (χ3n) is 3.67. The summed E-state index contributed by atoms with van der Waals surface area (Å²) in [5, 5.41) is 4.20. The number of hydrogen-bond donors (Lipinski definition) is 0. The summed E-state index contributed by atoms with van der Waals surface area (Å²) in [5.41, 5.74) is 0.700. The first-order chi connectivity index (χ1) is 9.65. The van der Waals surface area contributed by atoms with E-state index in [0.29, 0.717) is 16.3 Å². The van der Waals surface area contributed by atoms with Gasteiger partial charge in [0.05, 0.1) is 6.04 Å². The quantitative estimate of drug-likeness (QED) is 0.781. The molecule has 0 unspecified atom stereocenters. The van der Waals surface area contributed by atoms with Crippen LogP contribution in [0.2, 0.25) is 0 Å². The summed E-state index contributed by atoms with van der Waals surface area (Å²) in [5.74, 6) is 0.559. The fourth-order valence-corrected chi connectivity index (χ4v) is 3.84. The highest BCUT2D eigenvalue weighted by Crippen LogP contribution is 2.31. The van der Waals surface area contributed by atoms with E-state index >= 15 is 0 Å². The van der Waals surface area contributed by atoms with E-state index in [2.05, 4.69) is 9.50 Å². The van der Waals surface area contributed by atoms with E-state index in [-0.39, 0.29) is 6.04 Å². The molecule has 0 spiro atoms. The van der Waals surface area contributed by atoms with Gasteiger partial charge in [-0.3, -0.25) is 4.68 Å². The van der Waals surface area contributed by atoms with Crippen LogP contribution in [-0.2, 0) is 10.0 Å². The van der Waals surface area contributed by atoms with Crippen LogP contribution in [0.5, 0.6) is 0 Å². The maximum Gasteiger partial charge on any atom is 0.285 e. The van der Waals surface area contributed by atoms with E-state index < -0.39 is 10.0 Å². The van der Waals surface area contributed by atoms with Crippen molar-refractivity contribution in [1.82, 2.24) is 14.7 Å². The molecule has 3 heterocycles. The van der Waals surface area contributed by atoms with Gasteiger partial charge in [-0.15, -0.1) is 4.40 Å². The van der Waals surface area contributed by atoms with Gasteiger partial charge in [-0.25, -0.2) is 0 Å². The zero-order valence-corrected chi connectivity index (χ0v) is 11.4. The van der Waals surface area contributed by atoms with Gasteiger partial charge >= 0.3 is 0 Å². The Balaban J connectivity index is 1.63. The minimum atomic E-state index is -3.52. The largest absolute Gasteiger partial charge is 0.351 e. The van der Waals surface area contributed by atoms with Gasteiger partial charge in [-0.2, -0.15) is 13.5 Å². The summed E-state index contributed by atoms with van der Waals surface area (Å²) in [6.07, 6.45) is 3.67. The average Bonchev–Trinajstić information content (AvgIpc) is 2.97. The molecule has 1 aromatic carbocycles. The molecule has 2 aromatic rings. The van der Waals surface area contributed by atoms with Crippen molar-refractivity contribution in [3.05, 3.63) is 48.3 Å². The Kier molecular flexibility index (Phi) is 2.29. The van der Waals surface area contributed by atoms with Crippen molar-refractivity contribution in [3.8, 4) is 0 Å². The molecule has 7 heteroatoms. The maximum atomic E-state index is 12.0. The zero-order chi connectivity index (χ0) is 13.7. The Labute approximate surface area is 116 Å². The van der Waals surface area contributed by atoms with Crippen molar-refractivity contribution in [2.75, 3.05) is 13.1 Å². The van der Waals surface area contributed by atoms with Crippen molar-refractivity contribution in [2.45, 2.75) is 10.9 Å². The number of nitrogens with zero attached hydrogens (tertiary/aromatic N) is 4. The molecule has 2 aliphatic rings. The van der Waals surface area contributed by atoms with Crippen LogP contribution < -0.4 is 0 Å². The van der Waals surface area contributed by atoms with Crippen LogP contribution in [0.4, 0.5) is 0 Å². The highest BCUT2D eigenvalue weighted by Gasteiger charge is 2.37. The first-order valence-electron chi connectivity index (χ1n) is 6.33. The summed E-state index contributed by atoms with van der Waals surface area (Å²) < 4.78 is 29.8. The molecule has 0 bridgehead atoms. The van der Waals surface area contributed by atoms with Crippen LogP contribution >= 0.6 is 0 Å². The molecule has 1 saturated heterocycles.